The fourth-order valence-corrected chi connectivity index (χ4v) is 1.09. The molecule has 0 bridgehead atoms. The smallest absolute Gasteiger partial charge is 0.331 e. The summed E-state index contributed by atoms with van der Waals surface area (Å²) in [4.78, 5) is 22.3. The lowest BCUT2D eigenvalue weighted by atomic mass is 10.5. The third kappa shape index (κ3) is 13.0. The van der Waals surface area contributed by atoms with Crippen LogP contribution in [-0.4, -0.2) is 74.8 Å². The monoisotopic (exact) mass is 290 g/mol. The number of aliphatic hydroxyl groups excluding tert-OH is 2. The summed E-state index contributed by atoms with van der Waals surface area (Å²) < 4.78 is 9.56. The lowest BCUT2D eigenvalue weighted by Crippen LogP contribution is -2.24. The van der Waals surface area contributed by atoms with E-state index in [0.717, 1.165) is 12.2 Å². The summed E-state index contributed by atoms with van der Waals surface area (Å²) in [6, 6.07) is 0. The highest BCUT2D eigenvalue weighted by molar-refractivity contribution is 5.91. The molecule has 0 spiro atoms. The molecule has 0 aromatic heterocycles. The van der Waals surface area contributed by atoms with Crippen LogP contribution in [0.25, 0.3) is 0 Å². The van der Waals surface area contributed by atoms with Crippen LogP contribution < -0.4 is 10.6 Å². The van der Waals surface area contributed by atoms with Gasteiger partial charge < -0.3 is 30.3 Å². The van der Waals surface area contributed by atoms with E-state index < -0.39 is 11.9 Å². The molecule has 116 valence electrons. The van der Waals surface area contributed by atoms with Crippen LogP contribution in [0.1, 0.15) is 0 Å². The highest BCUT2D eigenvalue weighted by atomic mass is 16.5. The first-order valence-electron chi connectivity index (χ1n) is 6.35. The second-order valence-corrected chi connectivity index (χ2v) is 3.62. The van der Waals surface area contributed by atoms with Gasteiger partial charge in [0.1, 0.15) is 13.2 Å². The first-order valence-corrected chi connectivity index (χ1v) is 6.35. The quantitative estimate of drug-likeness (QED) is 0.182. The van der Waals surface area contributed by atoms with Gasteiger partial charge in [0.05, 0.1) is 13.2 Å². The third-order valence-corrected chi connectivity index (χ3v) is 1.98. The zero-order valence-electron chi connectivity index (χ0n) is 11.3. The number of aliphatic hydroxyl groups is 2. The second-order valence-electron chi connectivity index (χ2n) is 3.62. The Balaban J connectivity index is 3.54. The molecule has 0 saturated heterocycles. The van der Waals surface area contributed by atoms with Gasteiger partial charge in [0, 0.05) is 38.3 Å². The summed E-state index contributed by atoms with van der Waals surface area (Å²) >= 11 is 0. The van der Waals surface area contributed by atoms with Crippen molar-refractivity contribution in [1.29, 1.82) is 0 Å². The minimum atomic E-state index is -0.633. The lowest BCUT2D eigenvalue weighted by molar-refractivity contribution is -0.140. The minimum absolute atomic E-state index is 0.0207. The lowest BCUT2D eigenvalue weighted by Gasteiger charge is -2.03. The summed E-state index contributed by atoms with van der Waals surface area (Å²) in [6.07, 6.45) is 1.99. The predicted molar refractivity (Wildman–Crippen MR) is 71.0 cm³/mol. The molecule has 4 N–H and O–H groups in total. The average molecular weight is 290 g/mol. The van der Waals surface area contributed by atoms with Crippen LogP contribution in [-0.2, 0) is 19.1 Å². The van der Waals surface area contributed by atoms with Crippen molar-refractivity contribution in [3.05, 3.63) is 12.2 Å². The van der Waals surface area contributed by atoms with E-state index in [-0.39, 0.29) is 26.4 Å². The van der Waals surface area contributed by atoms with E-state index in [4.69, 9.17) is 19.7 Å². The first-order chi connectivity index (χ1) is 9.70. The molecule has 0 fully saturated rings. The topological polar surface area (TPSA) is 117 Å². The molecule has 20 heavy (non-hydrogen) atoms. The van der Waals surface area contributed by atoms with Crippen molar-refractivity contribution in [3.8, 4) is 0 Å². The van der Waals surface area contributed by atoms with Crippen molar-refractivity contribution in [1.82, 2.24) is 10.6 Å². The van der Waals surface area contributed by atoms with Crippen LogP contribution >= 0.6 is 0 Å². The Hall–Kier alpha value is -1.48. The van der Waals surface area contributed by atoms with Crippen LogP contribution in [0, 0.1) is 0 Å². The summed E-state index contributed by atoms with van der Waals surface area (Å²) in [5.41, 5.74) is 0. The number of ether oxygens (including phenoxy) is 2. The molecule has 0 aromatic carbocycles. The predicted octanol–water partition coefficient (Wildman–Crippen LogP) is -2.21. The molecule has 0 unspecified atom stereocenters. The van der Waals surface area contributed by atoms with E-state index in [1.54, 1.807) is 0 Å². The van der Waals surface area contributed by atoms with Crippen LogP contribution in [0.15, 0.2) is 12.2 Å². The number of rotatable bonds is 12. The van der Waals surface area contributed by atoms with Gasteiger partial charge in [-0.25, -0.2) is 9.59 Å². The molecule has 8 heteroatoms. The maximum Gasteiger partial charge on any atom is 0.331 e. The van der Waals surface area contributed by atoms with E-state index in [9.17, 15) is 9.59 Å². The SMILES string of the molecule is O=C(/C=C/C(=O)OCCNCCO)OCCNCCO. The van der Waals surface area contributed by atoms with Gasteiger partial charge in [0.25, 0.3) is 0 Å². The van der Waals surface area contributed by atoms with E-state index in [2.05, 4.69) is 10.6 Å². The molecule has 0 heterocycles. The van der Waals surface area contributed by atoms with Gasteiger partial charge >= 0.3 is 11.9 Å². The number of carbonyl (C=O) groups is 2. The average Bonchev–Trinajstić information content (AvgIpc) is 2.44. The van der Waals surface area contributed by atoms with Crippen LogP contribution in [0.4, 0.5) is 0 Å². The number of esters is 2. The fraction of sp³-hybridized carbons (Fsp3) is 0.667. The molecular weight excluding hydrogens is 268 g/mol. The number of carbonyl (C=O) groups excluding carboxylic acids is 2. The molecule has 0 radical (unpaired) electrons. The van der Waals surface area contributed by atoms with Crippen molar-refractivity contribution < 1.29 is 29.3 Å². The van der Waals surface area contributed by atoms with Crippen LogP contribution in [0.2, 0.25) is 0 Å². The summed E-state index contributed by atoms with van der Waals surface area (Å²) in [5.74, 6) is -1.27. The Morgan fingerprint density at radius 1 is 0.800 bits per heavy atom. The standard InChI is InChI=1S/C12H22N2O6/c15-7-3-13-5-9-19-11(17)1-2-12(18)20-10-6-14-4-8-16/h1-2,13-16H,3-10H2/b2-1+. The number of nitrogens with one attached hydrogen (secondary N) is 2. The van der Waals surface area contributed by atoms with Gasteiger partial charge in [0.15, 0.2) is 0 Å². The molecule has 0 aromatic rings. The Bertz CT molecular complexity index is 268. The molecule has 0 aliphatic rings. The van der Waals surface area contributed by atoms with Gasteiger partial charge in [0.2, 0.25) is 0 Å². The van der Waals surface area contributed by atoms with Crippen LogP contribution in [0.5, 0.6) is 0 Å². The highest BCUT2D eigenvalue weighted by Crippen LogP contribution is 1.85. The van der Waals surface area contributed by atoms with Gasteiger partial charge in [-0.2, -0.15) is 0 Å². The largest absolute Gasteiger partial charge is 0.461 e. The summed E-state index contributed by atoms with van der Waals surface area (Å²) in [7, 11) is 0. The molecule has 0 atom stereocenters. The minimum Gasteiger partial charge on any atom is -0.461 e. The highest BCUT2D eigenvalue weighted by Gasteiger charge is 2.00. The molecule has 0 aliphatic heterocycles. The molecule has 8 nitrogen and oxygen atoms in total. The summed E-state index contributed by atoms with van der Waals surface area (Å²) in [5, 5.41) is 22.6. The molecule has 0 rings (SSSR count). The van der Waals surface area contributed by atoms with Crippen molar-refractivity contribution >= 4 is 11.9 Å². The van der Waals surface area contributed by atoms with Crippen molar-refractivity contribution in [2.75, 3.05) is 52.6 Å². The third-order valence-electron chi connectivity index (χ3n) is 1.98. The van der Waals surface area contributed by atoms with Gasteiger partial charge in [-0.15, -0.1) is 0 Å². The first kappa shape index (κ1) is 18.5. The van der Waals surface area contributed by atoms with E-state index in [0.29, 0.717) is 26.2 Å². The van der Waals surface area contributed by atoms with Crippen molar-refractivity contribution in [2.45, 2.75) is 0 Å². The Morgan fingerprint density at radius 3 is 1.55 bits per heavy atom. The van der Waals surface area contributed by atoms with Crippen molar-refractivity contribution in [2.24, 2.45) is 0 Å². The Kier molecular flexibility index (Phi) is 12.9. The van der Waals surface area contributed by atoms with E-state index >= 15 is 0 Å². The molecule has 0 saturated carbocycles. The van der Waals surface area contributed by atoms with Crippen LogP contribution in [0.3, 0.4) is 0 Å². The van der Waals surface area contributed by atoms with Gasteiger partial charge in [-0.3, -0.25) is 0 Å². The normalized spacial score (nSPS) is 10.7. The zero-order chi connectivity index (χ0) is 15.1. The maximum absolute atomic E-state index is 11.2. The van der Waals surface area contributed by atoms with E-state index in [1.807, 2.05) is 0 Å². The fourth-order valence-electron chi connectivity index (χ4n) is 1.09. The van der Waals surface area contributed by atoms with Crippen molar-refractivity contribution in [3.63, 3.8) is 0 Å². The zero-order valence-corrected chi connectivity index (χ0v) is 11.3. The summed E-state index contributed by atoms with van der Waals surface area (Å²) in [6.45, 7) is 2.09. The van der Waals surface area contributed by atoms with E-state index in [1.165, 1.54) is 0 Å². The number of hydrogen-bond donors (Lipinski definition) is 4. The Labute approximate surface area is 117 Å². The Morgan fingerprint density at radius 2 is 1.20 bits per heavy atom. The van der Waals surface area contributed by atoms with Gasteiger partial charge in [-0.1, -0.05) is 0 Å². The van der Waals surface area contributed by atoms with Gasteiger partial charge in [-0.05, 0) is 0 Å². The molecule has 0 amide bonds. The molecule has 0 aliphatic carbocycles. The molecular formula is C12H22N2O6. The number of hydrogen-bond acceptors (Lipinski definition) is 8. The second kappa shape index (κ2) is 13.9. The maximum atomic E-state index is 11.2.